The maximum Gasteiger partial charge on any atom is 0.326 e. The molecule has 1 heterocycles. The number of aliphatic hydroxyl groups is 1. The number of carboxylic acid groups (broad SMARTS) is 2. The highest BCUT2D eigenvalue weighted by molar-refractivity contribution is 5.94. The van der Waals surface area contributed by atoms with Crippen molar-refractivity contribution >= 4 is 29.7 Å². The molecule has 2 rings (SSSR count). The highest BCUT2D eigenvalue weighted by Crippen LogP contribution is 2.20. The van der Waals surface area contributed by atoms with E-state index in [1.165, 1.54) is 4.90 Å². The number of hydrogen-bond acceptors (Lipinski definition) is 7. The average molecular weight is 479 g/mol. The first kappa shape index (κ1) is 26.7. The molecule has 4 unspecified atom stereocenters. The summed E-state index contributed by atoms with van der Waals surface area (Å²) in [6.07, 6.45) is 0.141. The van der Waals surface area contributed by atoms with Gasteiger partial charge in [-0.3, -0.25) is 19.2 Å². The number of carbonyl (C=O) groups is 5. The predicted octanol–water partition coefficient (Wildman–Crippen LogP) is -1.54. The van der Waals surface area contributed by atoms with Crippen LogP contribution in [0.15, 0.2) is 30.3 Å². The second-order valence-corrected chi connectivity index (χ2v) is 8.06. The molecule has 0 spiro atoms. The van der Waals surface area contributed by atoms with Gasteiger partial charge in [-0.25, -0.2) is 4.79 Å². The maximum atomic E-state index is 13.1. The van der Waals surface area contributed by atoms with E-state index < -0.39 is 66.9 Å². The molecular formula is C22H30N4O8. The number of nitrogens with zero attached hydrogens (tertiary/aromatic N) is 1. The number of benzene rings is 1. The van der Waals surface area contributed by atoms with Crippen LogP contribution in [-0.4, -0.2) is 87.2 Å². The van der Waals surface area contributed by atoms with Crippen LogP contribution in [0, 0.1) is 0 Å². The highest BCUT2D eigenvalue weighted by Gasteiger charge is 2.39. The number of nitrogens with two attached hydrogens (primary N) is 1. The van der Waals surface area contributed by atoms with E-state index in [2.05, 4.69) is 10.6 Å². The molecular weight excluding hydrogens is 448 g/mol. The van der Waals surface area contributed by atoms with Gasteiger partial charge in [0.15, 0.2) is 0 Å². The number of carboxylic acids is 2. The number of amides is 3. The molecule has 12 nitrogen and oxygen atoms in total. The lowest BCUT2D eigenvalue weighted by Crippen LogP contribution is -2.57. The van der Waals surface area contributed by atoms with Gasteiger partial charge in [0.1, 0.15) is 24.2 Å². The second kappa shape index (κ2) is 12.7. The van der Waals surface area contributed by atoms with Crippen LogP contribution in [0.1, 0.15) is 31.2 Å². The van der Waals surface area contributed by atoms with Crippen LogP contribution in [0.3, 0.4) is 0 Å². The quantitative estimate of drug-likeness (QED) is 0.206. The number of nitrogens with one attached hydrogen (secondary N) is 2. The predicted molar refractivity (Wildman–Crippen MR) is 118 cm³/mol. The third-order valence-electron chi connectivity index (χ3n) is 5.53. The fourth-order valence-electron chi connectivity index (χ4n) is 3.71. The van der Waals surface area contributed by atoms with Crippen LogP contribution in [0.25, 0.3) is 0 Å². The summed E-state index contributed by atoms with van der Waals surface area (Å²) in [5.41, 5.74) is 6.19. The Bertz CT molecular complexity index is 894. The van der Waals surface area contributed by atoms with Crippen molar-refractivity contribution in [3.63, 3.8) is 0 Å². The van der Waals surface area contributed by atoms with E-state index in [0.717, 1.165) is 0 Å². The van der Waals surface area contributed by atoms with E-state index in [9.17, 15) is 29.1 Å². The van der Waals surface area contributed by atoms with Crippen LogP contribution in [0.2, 0.25) is 0 Å². The Hall–Kier alpha value is -3.51. The summed E-state index contributed by atoms with van der Waals surface area (Å²) in [4.78, 5) is 62.1. The topological polar surface area (TPSA) is 199 Å². The van der Waals surface area contributed by atoms with E-state index in [4.69, 9.17) is 15.9 Å². The monoisotopic (exact) mass is 478 g/mol. The summed E-state index contributed by atoms with van der Waals surface area (Å²) in [5.74, 6) is -4.56. The molecule has 1 saturated heterocycles. The Kier molecular flexibility index (Phi) is 9.95. The zero-order valence-electron chi connectivity index (χ0n) is 18.6. The summed E-state index contributed by atoms with van der Waals surface area (Å²) in [6.45, 7) is -0.489. The van der Waals surface area contributed by atoms with Gasteiger partial charge in [-0.2, -0.15) is 0 Å². The molecule has 12 heteroatoms. The molecule has 0 aromatic heterocycles. The average Bonchev–Trinajstić information content (AvgIpc) is 3.30. The minimum atomic E-state index is -1.30. The number of likely N-dealkylation sites (tertiary alicyclic amines) is 1. The maximum absolute atomic E-state index is 13.1. The SMILES string of the molecule is NC(CO)C(=O)NC(CCC(=O)O)C(=O)N1CCCC1C(=O)NC(Cc1ccccc1)C(=O)O. The van der Waals surface area contributed by atoms with Crippen LogP contribution >= 0.6 is 0 Å². The number of carbonyl (C=O) groups excluding carboxylic acids is 3. The lowest BCUT2D eigenvalue weighted by Gasteiger charge is -2.29. The first-order chi connectivity index (χ1) is 16.1. The van der Waals surface area contributed by atoms with Crippen LogP contribution < -0.4 is 16.4 Å². The van der Waals surface area contributed by atoms with Gasteiger partial charge in [0.05, 0.1) is 6.61 Å². The first-order valence-corrected chi connectivity index (χ1v) is 10.9. The standard InChI is InChI=1S/C22H30N4O8/c23-14(12-27)19(30)24-15(8-9-18(28)29)21(32)26-10-4-7-17(26)20(31)25-16(22(33)34)11-13-5-2-1-3-6-13/h1-3,5-6,14-17,27H,4,7-12,23H2,(H,24,30)(H,25,31)(H,28,29)(H,33,34). The van der Waals surface area contributed by atoms with E-state index in [1.807, 2.05) is 0 Å². The van der Waals surface area contributed by atoms with Crippen molar-refractivity contribution in [2.45, 2.75) is 56.3 Å². The molecule has 3 amide bonds. The molecule has 4 atom stereocenters. The van der Waals surface area contributed by atoms with Gasteiger partial charge in [0.25, 0.3) is 0 Å². The largest absolute Gasteiger partial charge is 0.481 e. The molecule has 1 fully saturated rings. The summed E-state index contributed by atoms with van der Waals surface area (Å²) in [6, 6.07) is 4.01. The highest BCUT2D eigenvalue weighted by atomic mass is 16.4. The summed E-state index contributed by atoms with van der Waals surface area (Å²) >= 11 is 0. The zero-order chi connectivity index (χ0) is 25.3. The lowest BCUT2D eigenvalue weighted by molar-refractivity contribution is -0.145. The van der Waals surface area contributed by atoms with Gasteiger partial charge in [-0.05, 0) is 24.8 Å². The lowest BCUT2D eigenvalue weighted by atomic mass is 10.0. The normalized spacial score (nSPS) is 17.9. The second-order valence-electron chi connectivity index (χ2n) is 8.06. The molecule has 1 aromatic rings. The van der Waals surface area contributed by atoms with Crippen molar-refractivity contribution in [2.75, 3.05) is 13.2 Å². The van der Waals surface area contributed by atoms with Crippen LogP contribution in [-0.2, 0) is 30.4 Å². The van der Waals surface area contributed by atoms with Crippen LogP contribution in [0.4, 0.5) is 0 Å². The van der Waals surface area contributed by atoms with Gasteiger partial charge >= 0.3 is 11.9 Å². The molecule has 0 radical (unpaired) electrons. The molecule has 34 heavy (non-hydrogen) atoms. The van der Waals surface area contributed by atoms with Crippen molar-refractivity contribution in [3.8, 4) is 0 Å². The molecule has 1 aliphatic rings. The summed E-state index contributed by atoms with van der Waals surface area (Å²) in [5, 5.41) is 32.4. The molecule has 1 aromatic carbocycles. The van der Waals surface area contributed by atoms with Gasteiger partial charge in [-0.15, -0.1) is 0 Å². The fraction of sp³-hybridized carbons (Fsp3) is 0.500. The summed E-state index contributed by atoms with van der Waals surface area (Å²) < 4.78 is 0. The van der Waals surface area contributed by atoms with Crippen molar-refractivity contribution in [2.24, 2.45) is 5.73 Å². The Morgan fingerprint density at radius 3 is 2.32 bits per heavy atom. The van der Waals surface area contributed by atoms with E-state index in [-0.39, 0.29) is 25.8 Å². The van der Waals surface area contributed by atoms with Crippen molar-refractivity contribution in [1.82, 2.24) is 15.5 Å². The number of aliphatic carboxylic acids is 2. The first-order valence-electron chi connectivity index (χ1n) is 10.9. The Morgan fingerprint density at radius 2 is 1.74 bits per heavy atom. The molecule has 0 bridgehead atoms. The van der Waals surface area contributed by atoms with Gasteiger partial charge in [0, 0.05) is 19.4 Å². The van der Waals surface area contributed by atoms with Gasteiger partial charge in [0.2, 0.25) is 17.7 Å². The van der Waals surface area contributed by atoms with Gasteiger partial charge in [-0.1, -0.05) is 30.3 Å². The number of rotatable bonds is 12. The number of hydrogen-bond donors (Lipinski definition) is 6. The van der Waals surface area contributed by atoms with E-state index in [0.29, 0.717) is 12.0 Å². The molecule has 0 aliphatic carbocycles. The Labute approximate surface area is 196 Å². The van der Waals surface area contributed by atoms with Crippen LogP contribution in [0.5, 0.6) is 0 Å². The zero-order valence-corrected chi connectivity index (χ0v) is 18.6. The minimum absolute atomic E-state index is 0.0545. The summed E-state index contributed by atoms with van der Waals surface area (Å²) in [7, 11) is 0. The van der Waals surface area contributed by atoms with Crippen molar-refractivity contribution < 1.29 is 39.3 Å². The fourth-order valence-corrected chi connectivity index (χ4v) is 3.71. The minimum Gasteiger partial charge on any atom is -0.481 e. The third-order valence-corrected chi connectivity index (χ3v) is 5.53. The van der Waals surface area contributed by atoms with E-state index >= 15 is 0 Å². The molecule has 1 aliphatic heterocycles. The van der Waals surface area contributed by atoms with Crippen molar-refractivity contribution in [1.29, 1.82) is 0 Å². The smallest absolute Gasteiger partial charge is 0.326 e. The molecule has 186 valence electrons. The van der Waals surface area contributed by atoms with Gasteiger partial charge < -0.3 is 36.6 Å². The third kappa shape index (κ3) is 7.52. The Balaban J connectivity index is 2.13. The number of aliphatic hydroxyl groups excluding tert-OH is 1. The van der Waals surface area contributed by atoms with E-state index in [1.54, 1.807) is 30.3 Å². The van der Waals surface area contributed by atoms with Crippen molar-refractivity contribution in [3.05, 3.63) is 35.9 Å². The molecule has 7 N–H and O–H groups in total. The molecule has 0 saturated carbocycles. The Morgan fingerprint density at radius 1 is 1.06 bits per heavy atom.